The summed E-state index contributed by atoms with van der Waals surface area (Å²) < 4.78 is 0. The Morgan fingerprint density at radius 1 is 1.18 bits per heavy atom. The number of rotatable bonds is 5. The number of nitro groups is 1. The standard InChI is InChI=1S/C16H24N4O2/c21-20(22)15-3-1-14(2-4-15)5-9-18-10-6-16(13-18)19-11-7-17-8-12-19/h1-4,16-17H,5-13H2. The van der Waals surface area contributed by atoms with Gasteiger partial charge in [0.15, 0.2) is 0 Å². The highest BCUT2D eigenvalue weighted by atomic mass is 16.6. The van der Waals surface area contributed by atoms with Crippen LogP contribution < -0.4 is 5.32 Å². The highest BCUT2D eigenvalue weighted by Crippen LogP contribution is 2.17. The molecule has 1 aromatic rings. The molecule has 1 atom stereocenters. The first kappa shape index (κ1) is 15.4. The van der Waals surface area contributed by atoms with Crippen LogP contribution in [0.4, 0.5) is 5.69 Å². The predicted molar refractivity (Wildman–Crippen MR) is 86.1 cm³/mol. The quantitative estimate of drug-likeness (QED) is 0.652. The molecule has 6 nitrogen and oxygen atoms in total. The van der Waals surface area contributed by atoms with Crippen LogP contribution in [0, 0.1) is 10.1 Å². The minimum atomic E-state index is -0.345. The van der Waals surface area contributed by atoms with E-state index in [1.54, 1.807) is 12.1 Å². The molecule has 6 heteroatoms. The van der Waals surface area contributed by atoms with Crippen LogP contribution in [0.5, 0.6) is 0 Å². The van der Waals surface area contributed by atoms with Crippen molar-refractivity contribution in [2.24, 2.45) is 0 Å². The summed E-state index contributed by atoms with van der Waals surface area (Å²) in [6.45, 7) is 7.93. The topological polar surface area (TPSA) is 61.7 Å². The van der Waals surface area contributed by atoms with Gasteiger partial charge < -0.3 is 10.2 Å². The van der Waals surface area contributed by atoms with Gasteiger partial charge in [0.05, 0.1) is 4.92 Å². The summed E-state index contributed by atoms with van der Waals surface area (Å²) >= 11 is 0. The molecule has 0 amide bonds. The third-order valence-electron chi connectivity index (χ3n) is 4.78. The zero-order chi connectivity index (χ0) is 15.4. The predicted octanol–water partition coefficient (Wildman–Crippen LogP) is 1.12. The number of nitro benzene ring substituents is 1. The van der Waals surface area contributed by atoms with E-state index in [2.05, 4.69) is 15.1 Å². The van der Waals surface area contributed by atoms with E-state index in [0.29, 0.717) is 6.04 Å². The van der Waals surface area contributed by atoms with E-state index in [0.717, 1.165) is 32.6 Å². The van der Waals surface area contributed by atoms with Gasteiger partial charge in [0, 0.05) is 57.4 Å². The fourth-order valence-corrected chi connectivity index (χ4v) is 3.43. The van der Waals surface area contributed by atoms with Crippen molar-refractivity contribution in [3.05, 3.63) is 39.9 Å². The van der Waals surface area contributed by atoms with Gasteiger partial charge in [0.25, 0.3) is 5.69 Å². The Morgan fingerprint density at radius 3 is 2.59 bits per heavy atom. The molecular formula is C16H24N4O2. The molecule has 1 N–H and O–H groups in total. The molecule has 3 rings (SSSR count). The molecule has 22 heavy (non-hydrogen) atoms. The van der Waals surface area contributed by atoms with Gasteiger partial charge in [-0.2, -0.15) is 0 Å². The SMILES string of the molecule is O=[N+]([O-])c1ccc(CCN2CCC(N3CCNCC3)C2)cc1. The number of hydrogen-bond acceptors (Lipinski definition) is 5. The Bertz CT molecular complexity index is 499. The zero-order valence-electron chi connectivity index (χ0n) is 12.9. The van der Waals surface area contributed by atoms with E-state index >= 15 is 0 Å². The Balaban J connectivity index is 1.45. The van der Waals surface area contributed by atoms with Crippen LogP contribution in [0.15, 0.2) is 24.3 Å². The summed E-state index contributed by atoms with van der Waals surface area (Å²) in [5.41, 5.74) is 1.35. The van der Waals surface area contributed by atoms with Crippen molar-refractivity contribution in [3.8, 4) is 0 Å². The molecule has 0 radical (unpaired) electrons. The van der Waals surface area contributed by atoms with Gasteiger partial charge in [-0.25, -0.2) is 0 Å². The van der Waals surface area contributed by atoms with Crippen molar-refractivity contribution in [1.82, 2.24) is 15.1 Å². The van der Waals surface area contributed by atoms with Crippen molar-refractivity contribution in [3.63, 3.8) is 0 Å². The van der Waals surface area contributed by atoms with Gasteiger partial charge in [-0.05, 0) is 24.9 Å². The summed E-state index contributed by atoms with van der Waals surface area (Å²) in [5, 5.41) is 14.1. The van der Waals surface area contributed by atoms with Gasteiger partial charge in [-0.15, -0.1) is 0 Å². The number of nitrogens with zero attached hydrogens (tertiary/aromatic N) is 3. The van der Waals surface area contributed by atoms with Crippen molar-refractivity contribution < 1.29 is 4.92 Å². The molecule has 2 heterocycles. The summed E-state index contributed by atoms with van der Waals surface area (Å²) in [6.07, 6.45) is 2.23. The first-order valence-corrected chi connectivity index (χ1v) is 8.13. The van der Waals surface area contributed by atoms with E-state index in [9.17, 15) is 10.1 Å². The fraction of sp³-hybridized carbons (Fsp3) is 0.625. The van der Waals surface area contributed by atoms with E-state index < -0.39 is 0 Å². The van der Waals surface area contributed by atoms with Crippen LogP contribution >= 0.6 is 0 Å². The minimum Gasteiger partial charge on any atom is -0.314 e. The molecule has 2 aliphatic heterocycles. The number of piperazine rings is 1. The smallest absolute Gasteiger partial charge is 0.269 e. The lowest BCUT2D eigenvalue weighted by atomic mass is 10.1. The molecule has 0 bridgehead atoms. The van der Waals surface area contributed by atoms with E-state index in [-0.39, 0.29) is 10.6 Å². The first-order chi connectivity index (χ1) is 10.7. The number of non-ortho nitro benzene ring substituents is 1. The fourth-order valence-electron chi connectivity index (χ4n) is 3.43. The van der Waals surface area contributed by atoms with Crippen LogP contribution in [0.25, 0.3) is 0 Å². The van der Waals surface area contributed by atoms with E-state index in [1.807, 2.05) is 12.1 Å². The molecular weight excluding hydrogens is 280 g/mol. The maximum absolute atomic E-state index is 10.7. The second kappa shape index (κ2) is 7.17. The van der Waals surface area contributed by atoms with Crippen LogP contribution in [-0.2, 0) is 6.42 Å². The summed E-state index contributed by atoms with van der Waals surface area (Å²) in [7, 11) is 0. The van der Waals surface area contributed by atoms with Gasteiger partial charge in [0.2, 0.25) is 0 Å². The van der Waals surface area contributed by atoms with Crippen molar-refractivity contribution >= 4 is 5.69 Å². The molecule has 1 unspecified atom stereocenters. The van der Waals surface area contributed by atoms with Gasteiger partial charge >= 0.3 is 0 Å². The zero-order valence-corrected chi connectivity index (χ0v) is 12.9. The highest BCUT2D eigenvalue weighted by molar-refractivity contribution is 5.32. The van der Waals surface area contributed by atoms with Gasteiger partial charge in [0.1, 0.15) is 0 Å². The minimum absolute atomic E-state index is 0.170. The van der Waals surface area contributed by atoms with Crippen LogP contribution in [0.1, 0.15) is 12.0 Å². The monoisotopic (exact) mass is 304 g/mol. The molecule has 1 aromatic carbocycles. The Hall–Kier alpha value is -1.50. The number of hydrogen-bond donors (Lipinski definition) is 1. The molecule has 0 spiro atoms. The van der Waals surface area contributed by atoms with Crippen molar-refractivity contribution in [2.75, 3.05) is 45.8 Å². The Labute approximate surface area is 131 Å². The number of likely N-dealkylation sites (tertiary alicyclic amines) is 1. The molecule has 2 saturated heterocycles. The molecule has 0 saturated carbocycles. The largest absolute Gasteiger partial charge is 0.314 e. The van der Waals surface area contributed by atoms with Crippen LogP contribution in [0.3, 0.4) is 0 Å². The summed E-state index contributed by atoms with van der Waals surface area (Å²) in [5.74, 6) is 0. The normalized spacial score (nSPS) is 23.7. The highest BCUT2D eigenvalue weighted by Gasteiger charge is 2.27. The lowest BCUT2D eigenvalue weighted by molar-refractivity contribution is -0.384. The molecule has 2 aliphatic rings. The van der Waals surface area contributed by atoms with Gasteiger partial charge in [-0.1, -0.05) is 12.1 Å². The second-order valence-electron chi connectivity index (χ2n) is 6.20. The summed E-state index contributed by atoms with van der Waals surface area (Å²) in [4.78, 5) is 15.4. The molecule has 0 aromatic heterocycles. The average Bonchev–Trinajstić information content (AvgIpc) is 3.03. The van der Waals surface area contributed by atoms with Crippen LogP contribution in [0.2, 0.25) is 0 Å². The molecule has 120 valence electrons. The number of nitrogens with one attached hydrogen (secondary N) is 1. The summed E-state index contributed by atoms with van der Waals surface area (Å²) in [6, 6.07) is 7.66. The average molecular weight is 304 g/mol. The second-order valence-corrected chi connectivity index (χ2v) is 6.20. The first-order valence-electron chi connectivity index (χ1n) is 8.13. The van der Waals surface area contributed by atoms with E-state index in [4.69, 9.17) is 0 Å². The third-order valence-corrected chi connectivity index (χ3v) is 4.78. The van der Waals surface area contributed by atoms with E-state index in [1.165, 1.54) is 31.6 Å². The van der Waals surface area contributed by atoms with Crippen molar-refractivity contribution in [2.45, 2.75) is 18.9 Å². The third kappa shape index (κ3) is 3.82. The lowest BCUT2D eigenvalue weighted by Gasteiger charge is -2.32. The van der Waals surface area contributed by atoms with Crippen molar-refractivity contribution in [1.29, 1.82) is 0 Å². The number of benzene rings is 1. The van der Waals surface area contributed by atoms with Crippen LogP contribution in [-0.4, -0.2) is 66.6 Å². The molecule has 2 fully saturated rings. The maximum Gasteiger partial charge on any atom is 0.269 e. The molecule has 0 aliphatic carbocycles. The van der Waals surface area contributed by atoms with Gasteiger partial charge in [-0.3, -0.25) is 15.0 Å². The lowest BCUT2D eigenvalue weighted by Crippen LogP contribution is -2.49. The maximum atomic E-state index is 10.7. The Kier molecular flexibility index (Phi) is 5.02. The Morgan fingerprint density at radius 2 is 1.91 bits per heavy atom.